The van der Waals surface area contributed by atoms with Crippen molar-refractivity contribution in [1.82, 2.24) is 9.13 Å². The van der Waals surface area contributed by atoms with Crippen LogP contribution in [0.3, 0.4) is 0 Å². The van der Waals surface area contributed by atoms with Crippen LogP contribution in [0, 0.1) is 0 Å². The Morgan fingerprint density at radius 1 is 0.476 bits per heavy atom. The van der Waals surface area contributed by atoms with Crippen molar-refractivity contribution in [2.75, 3.05) is 0 Å². The number of benzene rings is 6. The Morgan fingerprint density at radius 3 is 1.76 bits per heavy atom. The Labute approximate surface area is 244 Å². The first-order valence-electron chi connectivity index (χ1n) is 14.8. The highest BCUT2D eigenvalue weighted by molar-refractivity contribution is 6.22. The summed E-state index contributed by atoms with van der Waals surface area (Å²) in [6, 6.07) is 46.8. The van der Waals surface area contributed by atoms with Gasteiger partial charge < -0.3 is 9.13 Å². The Hall–Kier alpha value is -5.34. The monoisotopic (exact) mass is 536 g/mol. The molecule has 0 radical (unpaired) electrons. The number of rotatable bonds is 3. The average molecular weight is 537 g/mol. The fourth-order valence-corrected chi connectivity index (χ4v) is 7.17. The van der Waals surface area contributed by atoms with Crippen molar-refractivity contribution in [2.24, 2.45) is 0 Å². The lowest BCUT2D eigenvalue weighted by Gasteiger charge is -2.14. The van der Waals surface area contributed by atoms with Gasteiger partial charge >= 0.3 is 0 Å². The average Bonchev–Trinajstić information content (AvgIpc) is 3.58. The lowest BCUT2D eigenvalue weighted by atomic mass is 9.95. The van der Waals surface area contributed by atoms with Gasteiger partial charge in [0.15, 0.2) is 0 Å². The molecule has 0 aliphatic heterocycles. The van der Waals surface area contributed by atoms with Crippen molar-refractivity contribution in [1.29, 1.82) is 0 Å². The van der Waals surface area contributed by atoms with Gasteiger partial charge in [-0.25, -0.2) is 0 Å². The van der Waals surface area contributed by atoms with Crippen molar-refractivity contribution in [3.05, 3.63) is 146 Å². The van der Waals surface area contributed by atoms with Gasteiger partial charge in [0.2, 0.25) is 0 Å². The van der Waals surface area contributed by atoms with Gasteiger partial charge in [-0.05, 0) is 77.2 Å². The summed E-state index contributed by atoms with van der Waals surface area (Å²) in [5, 5.41) is 7.70. The lowest BCUT2D eigenvalue weighted by molar-refractivity contribution is 0.979. The van der Waals surface area contributed by atoms with Crippen molar-refractivity contribution in [3.8, 4) is 16.8 Å². The standard InChI is InChI=1S/C40H28N2/c1-2-14-29(15-3-1)41-35-20-8-6-16-33(35)39-31(18-10-22-37(39)41)32-19-11-23-38-40(32)34-17-7-9-21-36(34)42(38)30-25-24-27-12-4-5-13-28(27)26-30/h1-2,4-14,16-26H,3,15H2. The van der Waals surface area contributed by atoms with E-state index >= 15 is 0 Å². The second kappa shape index (κ2) is 9.09. The SMILES string of the molecule is C1=CCCC(n2c3ccccc3c3c(-c4cccc5c4c4ccccc4n5-c4ccc5ccccc5c4)cccc32)=C1. The maximum Gasteiger partial charge on any atom is 0.0547 e. The maximum absolute atomic E-state index is 2.48. The molecule has 2 heterocycles. The second-order valence-electron chi connectivity index (χ2n) is 11.3. The molecule has 0 saturated heterocycles. The van der Waals surface area contributed by atoms with Crippen LogP contribution in [0.2, 0.25) is 0 Å². The van der Waals surface area contributed by atoms with E-state index in [1.807, 2.05) is 0 Å². The number of hydrogen-bond acceptors (Lipinski definition) is 0. The summed E-state index contributed by atoms with van der Waals surface area (Å²) in [5.74, 6) is 0. The number of aromatic nitrogens is 2. The van der Waals surface area contributed by atoms with E-state index < -0.39 is 0 Å². The molecule has 0 unspecified atom stereocenters. The van der Waals surface area contributed by atoms with E-state index in [0.29, 0.717) is 0 Å². The molecule has 198 valence electrons. The smallest absolute Gasteiger partial charge is 0.0547 e. The summed E-state index contributed by atoms with van der Waals surface area (Å²) < 4.78 is 4.92. The van der Waals surface area contributed by atoms with E-state index in [1.165, 1.54) is 76.9 Å². The van der Waals surface area contributed by atoms with Crippen LogP contribution in [-0.4, -0.2) is 9.13 Å². The third-order valence-electron chi connectivity index (χ3n) is 8.96. The van der Waals surface area contributed by atoms with Crippen LogP contribution in [0.15, 0.2) is 146 Å². The molecule has 0 N–H and O–H groups in total. The molecule has 1 aliphatic carbocycles. The molecule has 0 amide bonds. The summed E-state index contributed by atoms with van der Waals surface area (Å²) in [7, 11) is 0. The molecule has 2 heteroatoms. The van der Waals surface area contributed by atoms with Crippen LogP contribution < -0.4 is 0 Å². The van der Waals surface area contributed by atoms with Crippen LogP contribution in [0.1, 0.15) is 12.8 Å². The first kappa shape index (κ1) is 23.4. The van der Waals surface area contributed by atoms with E-state index in [-0.39, 0.29) is 0 Å². The van der Waals surface area contributed by atoms with Crippen molar-refractivity contribution < 1.29 is 0 Å². The van der Waals surface area contributed by atoms with Gasteiger partial charge in [0.25, 0.3) is 0 Å². The van der Waals surface area contributed by atoms with Gasteiger partial charge in [0.1, 0.15) is 0 Å². The molecule has 1 aliphatic rings. The van der Waals surface area contributed by atoms with Crippen LogP contribution >= 0.6 is 0 Å². The van der Waals surface area contributed by atoms with Gasteiger partial charge in [0.05, 0.1) is 22.1 Å². The van der Waals surface area contributed by atoms with Gasteiger partial charge in [-0.2, -0.15) is 0 Å². The Morgan fingerprint density at radius 2 is 1.07 bits per heavy atom. The van der Waals surface area contributed by atoms with Gasteiger partial charge in [-0.15, -0.1) is 0 Å². The molecule has 9 rings (SSSR count). The molecule has 0 saturated carbocycles. The molecule has 0 spiro atoms. The highest BCUT2D eigenvalue weighted by Crippen LogP contribution is 2.44. The van der Waals surface area contributed by atoms with Crippen molar-refractivity contribution in [3.63, 3.8) is 0 Å². The number of fused-ring (bicyclic) bond motifs is 7. The number of hydrogen-bond donors (Lipinski definition) is 0. The highest BCUT2D eigenvalue weighted by atomic mass is 15.0. The topological polar surface area (TPSA) is 9.86 Å². The summed E-state index contributed by atoms with van der Waals surface area (Å²) in [6.45, 7) is 0. The zero-order valence-electron chi connectivity index (χ0n) is 23.2. The molecule has 42 heavy (non-hydrogen) atoms. The molecular formula is C40H28N2. The van der Waals surface area contributed by atoms with E-state index in [2.05, 4.69) is 155 Å². The first-order chi connectivity index (χ1) is 20.9. The quantitative estimate of drug-likeness (QED) is 0.212. The fourth-order valence-electron chi connectivity index (χ4n) is 7.17. The zero-order valence-corrected chi connectivity index (χ0v) is 23.2. The second-order valence-corrected chi connectivity index (χ2v) is 11.3. The van der Waals surface area contributed by atoms with Crippen LogP contribution in [0.4, 0.5) is 0 Å². The minimum atomic E-state index is 1.04. The molecule has 2 aromatic heterocycles. The van der Waals surface area contributed by atoms with Crippen molar-refractivity contribution in [2.45, 2.75) is 12.8 Å². The Balaban J connectivity index is 1.38. The normalized spacial score (nSPS) is 13.6. The Kier molecular flexibility index (Phi) is 5.06. The molecule has 6 aromatic carbocycles. The predicted molar refractivity (Wildman–Crippen MR) is 179 cm³/mol. The maximum atomic E-state index is 2.48. The van der Waals surface area contributed by atoms with Gasteiger partial charge in [-0.1, -0.05) is 103 Å². The molecule has 2 nitrogen and oxygen atoms in total. The zero-order chi connectivity index (χ0) is 27.6. The first-order valence-corrected chi connectivity index (χ1v) is 14.8. The summed E-state index contributed by atoms with van der Waals surface area (Å²) in [4.78, 5) is 0. The third-order valence-corrected chi connectivity index (χ3v) is 8.96. The van der Waals surface area contributed by atoms with E-state index in [1.54, 1.807) is 0 Å². The molecule has 0 atom stereocenters. The summed E-state index contributed by atoms with van der Waals surface area (Å²) in [6.07, 6.45) is 8.86. The van der Waals surface area contributed by atoms with Crippen LogP contribution in [0.25, 0.3) is 76.9 Å². The van der Waals surface area contributed by atoms with E-state index in [0.717, 1.165) is 12.8 Å². The minimum Gasteiger partial charge on any atom is -0.313 e. The number of nitrogens with zero attached hydrogens (tertiary/aromatic N) is 2. The summed E-state index contributed by atoms with van der Waals surface area (Å²) in [5.41, 5.74) is 10.1. The van der Waals surface area contributed by atoms with E-state index in [9.17, 15) is 0 Å². The molecular weight excluding hydrogens is 508 g/mol. The third kappa shape index (κ3) is 3.33. The Bertz CT molecular complexity index is 2410. The fraction of sp³-hybridized carbons (Fsp3) is 0.0500. The highest BCUT2D eigenvalue weighted by Gasteiger charge is 2.21. The number of allylic oxidation sites excluding steroid dienone is 4. The molecule has 0 bridgehead atoms. The minimum absolute atomic E-state index is 1.04. The van der Waals surface area contributed by atoms with Crippen molar-refractivity contribution >= 4 is 60.1 Å². The predicted octanol–water partition coefficient (Wildman–Crippen LogP) is 10.9. The van der Waals surface area contributed by atoms with Gasteiger partial charge in [0, 0.05) is 32.9 Å². The van der Waals surface area contributed by atoms with Gasteiger partial charge in [-0.3, -0.25) is 0 Å². The molecule has 0 fully saturated rings. The summed E-state index contributed by atoms with van der Waals surface area (Å²) >= 11 is 0. The van der Waals surface area contributed by atoms with Crippen LogP contribution in [0.5, 0.6) is 0 Å². The van der Waals surface area contributed by atoms with E-state index in [4.69, 9.17) is 0 Å². The lowest BCUT2D eigenvalue weighted by Crippen LogP contribution is -1.98. The number of para-hydroxylation sites is 2. The largest absolute Gasteiger partial charge is 0.313 e. The molecule has 8 aromatic rings. The van der Waals surface area contributed by atoms with Crippen LogP contribution in [-0.2, 0) is 0 Å².